The van der Waals surface area contributed by atoms with Gasteiger partial charge in [0.05, 0.1) is 5.52 Å². The van der Waals surface area contributed by atoms with Crippen LogP contribution in [0, 0.1) is 13.8 Å². The highest BCUT2D eigenvalue weighted by molar-refractivity contribution is 5.88. The minimum Gasteiger partial charge on any atom is -0.357 e. The maximum absolute atomic E-state index is 4.42. The highest BCUT2D eigenvalue weighted by atomic mass is 15.3. The number of fused-ring (bicyclic) bond motifs is 1. The third kappa shape index (κ3) is 1.94. The van der Waals surface area contributed by atoms with Crippen molar-refractivity contribution in [2.24, 2.45) is 0 Å². The molecule has 0 saturated carbocycles. The molecule has 1 aromatic heterocycles. The summed E-state index contributed by atoms with van der Waals surface area (Å²) in [6.07, 6.45) is 2.01. The molecule has 2 heterocycles. The van der Waals surface area contributed by atoms with Gasteiger partial charge >= 0.3 is 0 Å². The van der Waals surface area contributed by atoms with Crippen LogP contribution in [0.3, 0.4) is 0 Å². The molecule has 0 atom stereocenters. The number of anilines is 1. The molecule has 0 amide bonds. The van der Waals surface area contributed by atoms with Crippen molar-refractivity contribution in [1.82, 2.24) is 15.6 Å². The average molecular weight is 242 g/mol. The fourth-order valence-electron chi connectivity index (χ4n) is 2.53. The van der Waals surface area contributed by atoms with Crippen molar-refractivity contribution in [1.29, 1.82) is 0 Å². The van der Waals surface area contributed by atoms with Gasteiger partial charge in [0.15, 0.2) is 0 Å². The molecule has 94 valence electrons. The van der Waals surface area contributed by atoms with Crippen molar-refractivity contribution >= 4 is 16.6 Å². The van der Waals surface area contributed by atoms with Crippen LogP contribution in [0.4, 0.5) is 5.69 Å². The fraction of sp³-hybridized carbons (Fsp3) is 0.357. The number of hydrogen-bond donors (Lipinski definition) is 3. The van der Waals surface area contributed by atoms with Gasteiger partial charge in [-0.05, 0) is 37.1 Å². The molecule has 1 saturated heterocycles. The minimum absolute atomic E-state index is 0.163. The number of benzene rings is 1. The van der Waals surface area contributed by atoms with E-state index in [0.717, 1.165) is 18.6 Å². The molecule has 18 heavy (non-hydrogen) atoms. The lowest BCUT2D eigenvalue weighted by Crippen LogP contribution is -2.39. The Morgan fingerprint density at radius 1 is 1.28 bits per heavy atom. The first kappa shape index (κ1) is 11.4. The summed E-state index contributed by atoms with van der Waals surface area (Å²) in [7, 11) is 0. The summed E-state index contributed by atoms with van der Waals surface area (Å²) < 4.78 is 0. The smallest absolute Gasteiger partial charge is 0.132 e. The number of hydrogen-bond acceptors (Lipinski definition) is 4. The van der Waals surface area contributed by atoms with Crippen LogP contribution in [-0.2, 0) is 0 Å². The zero-order valence-electron chi connectivity index (χ0n) is 10.7. The number of nitrogens with zero attached hydrogens (tertiary/aromatic N) is 1. The maximum atomic E-state index is 4.42. The van der Waals surface area contributed by atoms with E-state index in [1.165, 1.54) is 22.2 Å². The van der Waals surface area contributed by atoms with Gasteiger partial charge < -0.3 is 5.32 Å². The van der Waals surface area contributed by atoms with Crippen molar-refractivity contribution < 1.29 is 0 Å². The Bertz CT molecular complexity index is 573. The lowest BCUT2D eigenvalue weighted by atomic mass is 10.0. The van der Waals surface area contributed by atoms with Gasteiger partial charge in [0, 0.05) is 30.4 Å². The third-order valence-corrected chi connectivity index (χ3v) is 3.48. The minimum atomic E-state index is 0.163. The summed E-state index contributed by atoms with van der Waals surface area (Å²) in [4.78, 5) is 4.42. The van der Waals surface area contributed by atoms with Gasteiger partial charge in [0.1, 0.15) is 6.29 Å². The number of aryl methyl sites for hydroxylation is 2. The summed E-state index contributed by atoms with van der Waals surface area (Å²) in [5, 5.41) is 11.5. The second-order valence-electron chi connectivity index (χ2n) is 4.75. The van der Waals surface area contributed by atoms with Crippen molar-refractivity contribution in [3.63, 3.8) is 0 Å². The van der Waals surface area contributed by atoms with E-state index in [9.17, 15) is 0 Å². The van der Waals surface area contributed by atoms with Crippen LogP contribution in [0.15, 0.2) is 24.4 Å². The Morgan fingerprint density at radius 3 is 2.83 bits per heavy atom. The molecule has 3 N–H and O–H groups in total. The van der Waals surface area contributed by atoms with E-state index < -0.39 is 0 Å². The maximum Gasteiger partial charge on any atom is 0.132 e. The van der Waals surface area contributed by atoms with E-state index in [1.54, 1.807) is 0 Å². The van der Waals surface area contributed by atoms with Crippen LogP contribution in [-0.4, -0.2) is 24.4 Å². The van der Waals surface area contributed by atoms with Gasteiger partial charge in [-0.2, -0.15) is 0 Å². The molecule has 0 aliphatic carbocycles. The molecule has 2 aromatic rings. The second kappa shape index (κ2) is 4.55. The zero-order valence-corrected chi connectivity index (χ0v) is 10.7. The van der Waals surface area contributed by atoms with Crippen molar-refractivity contribution in [3.8, 4) is 0 Å². The number of aromatic nitrogens is 1. The van der Waals surface area contributed by atoms with Gasteiger partial charge in [-0.25, -0.2) is 0 Å². The molecule has 0 spiro atoms. The van der Waals surface area contributed by atoms with Gasteiger partial charge in [0.2, 0.25) is 0 Å². The molecule has 4 nitrogen and oxygen atoms in total. The van der Waals surface area contributed by atoms with Crippen molar-refractivity contribution in [2.75, 3.05) is 18.4 Å². The van der Waals surface area contributed by atoms with Crippen LogP contribution in [0.2, 0.25) is 0 Å². The number of nitrogens with one attached hydrogen (secondary N) is 3. The van der Waals surface area contributed by atoms with Crippen LogP contribution >= 0.6 is 0 Å². The lowest BCUT2D eigenvalue weighted by molar-refractivity contribution is 0.619. The molecule has 0 radical (unpaired) electrons. The summed E-state index contributed by atoms with van der Waals surface area (Å²) in [5.41, 5.74) is 4.75. The van der Waals surface area contributed by atoms with Crippen molar-refractivity contribution in [3.05, 3.63) is 35.5 Å². The van der Waals surface area contributed by atoms with E-state index in [1.807, 2.05) is 12.3 Å². The average Bonchev–Trinajstić information content (AvgIpc) is 2.87. The first-order valence-electron chi connectivity index (χ1n) is 6.34. The van der Waals surface area contributed by atoms with Gasteiger partial charge in [-0.15, -0.1) is 0 Å². The number of rotatable bonds is 2. The molecule has 4 heteroatoms. The molecular weight excluding hydrogens is 224 g/mol. The van der Waals surface area contributed by atoms with Crippen LogP contribution in [0.25, 0.3) is 10.9 Å². The third-order valence-electron chi connectivity index (χ3n) is 3.48. The topological polar surface area (TPSA) is 49.0 Å². The van der Waals surface area contributed by atoms with E-state index >= 15 is 0 Å². The molecule has 0 unspecified atom stereocenters. The fourth-order valence-corrected chi connectivity index (χ4v) is 2.53. The van der Waals surface area contributed by atoms with Crippen LogP contribution in [0.5, 0.6) is 0 Å². The Balaban J connectivity index is 2.04. The highest BCUT2D eigenvalue weighted by Gasteiger charge is 2.15. The first-order chi connectivity index (χ1) is 8.75. The summed E-state index contributed by atoms with van der Waals surface area (Å²) in [5.74, 6) is 0. The normalized spacial score (nSPS) is 16.3. The first-order valence-corrected chi connectivity index (χ1v) is 6.34. The van der Waals surface area contributed by atoms with Gasteiger partial charge in [-0.3, -0.25) is 15.6 Å². The van der Waals surface area contributed by atoms with Crippen LogP contribution < -0.4 is 16.0 Å². The Labute approximate surface area is 107 Å². The zero-order chi connectivity index (χ0) is 12.5. The highest BCUT2D eigenvalue weighted by Crippen LogP contribution is 2.28. The van der Waals surface area contributed by atoms with E-state index in [2.05, 4.69) is 46.9 Å². The SMILES string of the molecule is Cc1cc2ncccc2c(C)c1NC1NCCN1. The molecule has 1 aliphatic heterocycles. The Hall–Kier alpha value is -1.65. The Morgan fingerprint density at radius 2 is 2.06 bits per heavy atom. The number of pyridine rings is 1. The monoisotopic (exact) mass is 242 g/mol. The van der Waals surface area contributed by atoms with Gasteiger partial charge in [-0.1, -0.05) is 6.07 Å². The van der Waals surface area contributed by atoms with E-state index in [0.29, 0.717) is 0 Å². The standard InChI is InChI=1S/C14H18N4/c1-9-8-12-11(4-3-5-15-12)10(2)13(9)18-14-16-6-7-17-14/h3-5,8,14,16-18H,6-7H2,1-2H3. The Kier molecular flexibility index (Phi) is 2.89. The van der Waals surface area contributed by atoms with Gasteiger partial charge in [0.25, 0.3) is 0 Å². The lowest BCUT2D eigenvalue weighted by Gasteiger charge is -2.19. The van der Waals surface area contributed by atoms with E-state index in [4.69, 9.17) is 0 Å². The summed E-state index contributed by atoms with van der Waals surface area (Å²) in [6, 6.07) is 6.25. The second-order valence-corrected chi connectivity index (χ2v) is 4.75. The summed E-state index contributed by atoms with van der Waals surface area (Å²) in [6.45, 7) is 6.28. The quantitative estimate of drug-likeness (QED) is 0.751. The predicted molar refractivity (Wildman–Crippen MR) is 74.6 cm³/mol. The van der Waals surface area contributed by atoms with Crippen molar-refractivity contribution in [2.45, 2.75) is 20.1 Å². The largest absolute Gasteiger partial charge is 0.357 e. The molecule has 1 fully saturated rings. The van der Waals surface area contributed by atoms with Crippen LogP contribution in [0.1, 0.15) is 11.1 Å². The molecule has 1 aromatic carbocycles. The molecule has 0 bridgehead atoms. The van der Waals surface area contributed by atoms with E-state index in [-0.39, 0.29) is 6.29 Å². The molecular formula is C14H18N4. The predicted octanol–water partition coefficient (Wildman–Crippen LogP) is 1.74. The molecule has 3 rings (SSSR count). The molecule has 1 aliphatic rings. The summed E-state index contributed by atoms with van der Waals surface area (Å²) >= 11 is 0.